The highest BCUT2D eigenvalue weighted by Crippen LogP contribution is 2.28. The fraction of sp³-hybridized carbons (Fsp3) is 0.364. The first-order valence-corrected chi connectivity index (χ1v) is 9.94. The quantitative estimate of drug-likeness (QED) is 0.759. The van der Waals surface area contributed by atoms with Crippen LogP contribution in [-0.2, 0) is 14.3 Å². The van der Waals surface area contributed by atoms with Crippen molar-refractivity contribution in [1.29, 1.82) is 0 Å². The van der Waals surface area contributed by atoms with Crippen molar-refractivity contribution in [3.63, 3.8) is 0 Å². The number of morpholine rings is 1. The van der Waals surface area contributed by atoms with Crippen molar-refractivity contribution in [3.8, 4) is 5.75 Å². The molecule has 2 amide bonds. The average Bonchev–Trinajstić information content (AvgIpc) is 3.03. The molecule has 2 aliphatic heterocycles. The summed E-state index contributed by atoms with van der Waals surface area (Å²) < 4.78 is 10.8. The van der Waals surface area contributed by atoms with Crippen molar-refractivity contribution < 1.29 is 19.1 Å². The second-order valence-corrected chi connectivity index (χ2v) is 7.04. The van der Waals surface area contributed by atoms with E-state index >= 15 is 0 Å². The molecule has 0 spiro atoms. The SMILES string of the molecule is CCOc1ccc(N[C@H]2CC(=O)N(c3ccc(N4CCOCC4)cc3)C2=O)cc1. The first kappa shape index (κ1) is 19.3. The molecule has 1 atom stereocenters. The van der Waals surface area contributed by atoms with Gasteiger partial charge < -0.3 is 19.7 Å². The van der Waals surface area contributed by atoms with Crippen molar-refractivity contribution in [1.82, 2.24) is 0 Å². The van der Waals surface area contributed by atoms with E-state index in [9.17, 15) is 9.59 Å². The van der Waals surface area contributed by atoms with Crippen molar-refractivity contribution >= 4 is 28.9 Å². The van der Waals surface area contributed by atoms with Crippen molar-refractivity contribution in [2.75, 3.05) is 48.0 Å². The second kappa shape index (κ2) is 8.53. The number of nitrogens with zero attached hydrogens (tertiary/aromatic N) is 2. The van der Waals surface area contributed by atoms with E-state index in [1.165, 1.54) is 4.90 Å². The topological polar surface area (TPSA) is 71.1 Å². The smallest absolute Gasteiger partial charge is 0.256 e. The summed E-state index contributed by atoms with van der Waals surface area (Å²) in [6.45, 7) is 5.64. The van der Waals surface area contributed by atoms with Gasteiger partial charge in [0.1, 0.15) is 11.8 Å². The zero-order valence-corrected chi connectivity index (χ0v) is 16.5. The molecule has 0 radical (unpaired) electrons. The number of benzene rings is 2. The van der Waals surface area contributed by atoms with Gasteiger partial charge in [-0.1, -0.05) is 0 Å². The van der Waals surface area contributed by atoms with Crippen LogP contribution in [0.25, 0.3) is 0 Å². The number of hydrogen-bond donors (Lipinski definition) is 1. The number of amides is 2. The highest BCUT2D eigenvalue weighted by Gasteiger charge is 2.39. The maximum absolute atomic E-state index is 12.9. The van der Waals surface area contributed by atoms with Crippen LogP contribution in [0.5, 0.6) is 5.75 Å². The fourth-order valence-corrected chi connectivity index (χ4v) is 3.67. The number of carbonyl (C=O) groups excluding carboxylic acids is 2. The summed E-state index contributed by atoms with van der Waals surface area (Å²) in [5.74, 6) is 0.342. The first-order valence-electron chi connectivity index (χ1n) is 9.94. The van der Waals surface area contributed by atoms with E-state index in [1.54, 1.807) is 0 Å². The minimum absolute atomic E-state index is 0.136. The number of carbonyl (C=O) groups is 2. The summed E-state index contributed by atoms with van der Waals surface area (Å²) in [6, 6.07) is 14.4. The Morgan fingerprint density at radius 2 is 1.66 bits per heavy atom. The predicted molar refractivity (Wildman–Crippen MR) is 112 cm³/mol. The van der Waals surface area contributed by atoms with Crippen molar-refractivity contribution in [3.05, 3.63) is 48.5 Å². The van der Waals surface area contributed by atoms with E-state index < -0.39 is 6.04 Å². The van der Waals surface area contributed by atoms with Gasteiger partial charge >= 0.3 is 0 Å². The summed E-state index contributed by atoms with van der Waals surface area (Å²) in [5, 5.41) is 3.16. The van der Waals surface area contributed by atoms with E-state index in [4.69, 9.17) is 9.47 Å². The molecular weight excluding hydrogens is 370 g/mol. The van der Waals surface area contributed by atoms with Gasteiger partial charge in [0.2, 0.25) is 5.91 Å². The highest BCUT2D eigenvalue weighted by molar-refractivity contribution is 6.23. The molecule has 2 saturated heterocycles. The molecule has 2 aromatic carbocycles. The molecule has 1 N–H and O–H groups in total. The third-order valence-electron chi connectivity index (χ3n) is 5.14. The largest absolute Gasteiger partial charge is 0.494 e. The molecule has 2 heterocycles. The van der Waals surface area contributed by atoms with Gasteiger partial charge in [0, 0.05) is 24.5 Å². The second-order valence-electron chi connectivity index (χ2n) is 7.04. The zero-order valence-electron chi connectivity index (χ0n) is 16.5. The summed E-state index contributed by atoms with van der Waals surface area (Å²) >= 11 is 0. The van der Waals surface area contributed by atoms with E-state index in [0.29, 0.717) is 25.5 Å². The van der Waals surface area contributed by atoms with Crippen LogP contribution in [0.1, 0.15) is 13.3 Å². The van der Waals surface area contributed by atoms with Gasteiger partial charge in [-0.25, -0.2) is 4.90 Å². The van der Waals surface area contributed by atoms with Crippen LogP contribution >= 0.6 is 0 Å². The molecule has 0 saturated carbocycles. The van der Waals surface area contributed by atoms with Crippen LogP contribution in [0.2, 0.25) is 0 Å². The zero-order chi connectivity index (χ0) is 20.2. The molecule has 2 aromatic rings. The molecule has 7 nitrogen and oxygen atoms in total. The number of hydrogen-bond acceptors (Lipinski definition) is 6. The molecule has 7 heteroatoms. The van der Waals surface area contributed by atoms with Crippen LogP contribution in [0.15, 0.2) is 48.5 Å². The average molecular weight is 395 g/mol. The lowest BCUT2D eigenvalue weighted by Gasteiger charge is -2.29. The Labute approximate surface area is 170 Å². The Balaban J connectivity index is 1.43. The molecule has 0 aliphatic carbocycles. The summed E-state index contributed by atoms with van der Waals surface area (Å²) in [5.41, 5.74) is 2.46. The standard InChI is InChI=1S/C22H25N3O4/c1-2-29-19-9-3-16(4-10-19)23-20-15-21(26)25(22(20)27)18-7-5-17(6-8-18)24-11-13-28-14-12-24/h3-10,20,23H,2,11-15H2,1H3/t20-/m0/s1. The summed E-state index contributed by atoms with van der Waals surface area (Å²) in [4.78, 5) is 28.9. The van der Waals surface area contributed by atoms with Crippen LogP contribution in [-0.4, -0.2) is 50.8 Å². The van der Waals surface area contributed by atoms with Crippen LogP contribution in [0, 0.1) is 0 Å². The Hall–Kier alpha value is -3.06. The lowest BCUT2D eigenvalue weighted by atomic mass is 10.2. The number of ether oxygens (including phenoxy) is 2. The molecule has 0 unspecified atom stereocenters. The van der Waals surface area contributed by atoms with E-state index in [0.717, 1.165) is 30.2 Å². The Morgan fingerprint density at radius 3 is 2.31 bits per heavy atom. The fourth-order valence-electron chi connectivity index (χ4n) is 3.67. The van der Waals surface area contributed by atoms with Gasteiger partial charge in [0.15, 0.2) is 0 Å². The first-order chi connectivity index (χ1) is 14.2. The van der Waals surface area contributed by atoms with Crippen LogP contribution < -0.4 is 19.9 Å². The lowest BCUT2D eigenvalue weighted by Crippen LogP contribution is -2.36. The van der Waals surface area contributed by atoms with Gasteiger partial charge in [-0.2, -0.15) is 0 Å². The Kier molecular flexibility index (Phi) is 5.67. The molecular formula is C22H25N3O4. The minimum Gasteiger partial charge on any atom is -0.494 e. The van der Waals surface area contributed by atoms with Gasteiger partial charge in [-0.05, 0) is 55.5 Å². The van der Waals surface area contributed by atoms with Gasteiger partial charge in [0.05, 0.1) is 31.9 Å². The highest BCUT2D eigenvalue weighted by atomic mass is 16.5. The molecule has 29 heavy (non-hydrogen) atoms. The van der Waals surface area contributed by atoms with E-state index in [2.05, 4.69) is 10.2 Å². The van der Waals surface area contributed by atoms with E-state index in [-0.39, 0.29) is 18.2 Å². The van der Waals surface area contributed by atoms with Crippen LogP contribution in [0.4, 0.5) is 17.1 Å². The third-order valence-corrected chi connectivity index (χ3v) is 5.14. The molecule has 152 valence electrons. The monoisotopic (exact) mass is 395 g/mol. The molecule has 2 aliphatic rings. The molecule has 0 bridgehead atoms. The summed E-state index contributed by atoms with van der Waals surface area (Å²) in [6.07, 6.45) is 0.136. The number of nitrogens with one attached hydrogen (secondary N) is 1. The van der Waals surface area contributed by atoms with Gasteiger partial charge in [-0.3, -0.25) is 9.59 Å². The maximum atomic E-state index is 12.9. The molecule has 4 rings (SSSR count). The van der Waals surface area contributed by atoms with Gasteiger partial charge in [0.25, 0.3) is 5.91 Å². The lowest BCUT2D eigenvalue weighted by molar-refractivity contribution is -0.121. The summed E-state index contributed by atoms with van der Waals surface area (Å²) in [7, 11) is 0. The normalized spacial score (nSPS) is 19.6. The van der Waals surface area contributed by atoms with Gasteiger partial charge in [-0.15, -0.1) is 0 Å². The number of imide groups is 1. The third kappa shape index (κ3) is 4.19. The predicted octanol–water partition coefficient (Wildman–Crippen LogP) is 2.67. The number of anilines is 3. The van der Waals surface area contributed by atoms with Crippen molar-refractivity contribution in [2.24, 2.45) is 0 Å². The minimum atomic E-state index is -0.570. The Bertz CT molecular complexity index is 861. The molecule has 2 fully saturated rings. The molecule has 0 aromatic heterocycles. The van der Waals surface area contributed by atoms with Crippen molar-refractivity contribution in [2.45, 2.75) is 19.4 Å². The number of rotatable bonds is 6. The van der Waals surface area contributed by atoms with E-state index in [1.807, 2.05) is 55.5 Å². The maximum Gasteiger partial charge on any atom is 0.256 e. The van der Waals surface area contributed by atoms with Crippen LogP contribution in [0.3, 0.4) is 0 Å². The Morgan fingerprint density at radius 1 is 1.00 bits per heavy atom.